The summed E-state index contributed by atoms with van der Waals surface area (Å²) in [5.41, 5.74) is 4.68. The minimum absolute atomic E-state index is 0.0853. The highest BCUT2D eigenvalue weighted by Crippen LogP contribution is 2.58. The zero-order valence-corrected chi connectivity index (χ0v) is 42.7. The molecule has 0 saturated heterocycles. The van der Waals surface area contributed by atoms with Gasteiger partial charge in [-0.25, -0.2) is 9.13 Å². The molecule has 0 N–H and O–H groups in total. The molecule has 0 spiro atoms. The van der Waals surface area contributed by atoms with E-state index in [9.17, 15) is 8.42 Å². The van der Waals surface area contributed by atoms with Crippen LogP contribution in [0.1, 0.15) is 38.9 Å². The Morgan fingerprint density at radius 1 is 0.315 bits per heavy atom. The molecule has 17 heteroatoms. The molecule has 14 nitrogen and oxygen atoms in total. The van der Waals surface area contributed by atoms with Crippen LogP contribution in [0, 0.1) is 0 Å². The van der Waals surface area contributed by atoms with E-state index in [1.807, 2.05) is 140 Å². The second-order valence-corrected chi connectivity index (χ2v) is 22.0. The average Bonchev–Trinajstić information content (AvgIpc) is 3.42. The van der Waals surface area contributed by atoms with Gasteiger partial charge in [-0.3, -0.25) is 31.3 Å². The van der Waals surface area contributed by atoms with Crippen molar-refractivity contribution in [2.24, 2.45) is 0 Å². The van der Waals surface area contributed by atoms with Gasteiger partial charge >= 0.3 is 15.6 Å². The molecule has 0 unspecified atom stereocenters. The molecule has 7 aromatic rings. The van der Waals surface area contributed by atoms with Crippen molar-refractivity contribution in [2.45, 2.75) is 82.9 Å². The van der Waals surface area contributed by atoms with Gasteiger partial charge in [0, 0.05) is 0 Å². The van der Waals surface area contributed by atoms with Crippen molar-refractivity contribution in [3.63, 3.8) is 0 Å². The summed E-state index contributed by atoms with van der Waals surface area (Å²) in [5, 5.41) is 0. The van der Waals surface area contributed by atoms with Crippen molar-refractivity contribution in [1.29, 1.82) is 0 Å². The van der Waals surface area contributed by atoms with Crippen LogP contribution in [0.15, 0.2) is 212 Å². The van der Waals surface area contributed by atoms with Gasteiger partial charge in [0.2, 0.25) is 0 Å². The minimum Gasteiger partial charge on any atom is -0.368 e. The fourth-order valence-electron chi connectivity index (χ4n) is 7.95. The molecule has 0 aromatic heterocycles. The summed E-state index contributed by atoms with van der Waals surface area (Å²) >= 11 is 0. The molecule has 73 heavy (non-hydrogen) atoms. The highest BCUT2D eigenvalue weighted by atomic mass is 32.2. The first-order valence-corrected chi connectivity index (χ1v) is 28.4. The zero-order valence-electron chi connectivity index (χ0n) is 40.1. The zero-order chi connectivity index (χ0) is 50.8. The van der Waals surface area contributed by atoms with Crippen LogP contribution >= 0.6 is 15.6 Å². The van der Waals surface area contributed by atoms with Crippen LogP contribution in [0.25, 0.3) is 0 Å². The van der Waals surface area contributed by atoms with Crippen molar-refractivity contribution in [3.05, 3.63) is 251 Å². The predicted molar refractivity (Wildman–Crippen MR) is 275 cm³/mol. The number of benzene rings is 7. The van der Waals surface area contributed by atoms with E-state index in [1.54, 1.807) is 72.8 Å². The molecule has 1 saturated carbocycles. The molecule has 0 aliphatic heterocycles. The van der Waals surface area contributed by atoms with Gasteiger partial charge in [0.15, 0.2) is 0 Å². The van der Waals surface area contributed by atoms with Gasteiger partial charge in [-0.1, -0.05) is 212 Å². The van der Waals surface area contributed by atoms with E-state index in [2.05, 4.69) is 0 Å². The third-order valence-electron chi connectivity index (χ3n) is 11.5. The fourth-order valence-corrected chi connectivity index (χ4v) is 11.3. The number of phosphoric acid groups is 2. The molecule has 1 aliphatic carbocycles. The lowest BCUT2D eigenvalue weighted by molar-refractivity contribution is -0.251. The van der Waals surface area contributed by atoms with E-state index < -0.39 is 62.4 Å². The van der Waals surface area contributed by atoms with Gasteiger partial charge < -0.3 is 14.2 Å². The molecule has 382 valence electrons. The second-order valence-electron chi connectivity index (χ2n) is 17.1. The van der Waals surface area contributed by atoms with Crippen molar-refractivity contribution < 1.29 is 63.1 Å². The fraction of sp³-hybridized carbons (Fsp3) is 0.250. The summed E-state index contributed by atoms with van der Waals surface area (Å²) in [4.78, 5) is 0. The Balaban J connectivity index is 1.29. The first-order chi connectivity index (χ1) is 35.5. The molecule has 1 aliphatic rings. The van der Waals surface area contributed by atoms with E-state index >= 15 is 9.13 Å². The SMILES string of the molecule is CS(=O)(=O)O[C@@H]1[C@@H](OCc2ccccc2)[C@@H](OCc2ccccc2)[C@@H](OP(=O)(OCc2ccccc2)OCc2ccccc2)[C@H](OCc2ccccc2)[C@H]1OP(=O)(OCc1ccccc1)OCc1ccccc1. The maximum Gasteiger partial charge on any atom is 0.475 e. The molecule has 1 fully saturated rings. The maximum absolute atomic E-state index is 15.7. The second kappa shape index (κ2) is 26.7. The lowest BCUT2D eigenvalue weighted by Crippen LogP contribution is -2.67. The maximum atomic E-state index is 15.7. The van der Waals surface area contributed by atoms with Crippen molar-refractivity contribution in [3.8, 4) is 0 Å². The van der Waals surface area contributed by atoms with E-state index in [4.69, 9.17) is 45.5 Å². The van der Waals surface area contributed by atoms with E-state index in [0.29, 0.717) is 33.4 Å². The van der Waals surface area contributed by atoms with Gasteiger partial charge in [-0.15, -0.1) is 0 Å². The molecule has 7 aromatic carbocycles. The van der Waals surface area contributed by atoms with Crippen LogP contribution in [0.5, 0.6) is 0 Å². The third kappa shape index (κ3) is 16.8. The summed E-state index contributed by atoms with van der Waals surface area (Å²) in [6, 6.07) is 63.6. The lowest BCUT2D eigenvalue weighted by atomic mass is 9.84. The third-order valence-corrected chi connectivity index (χ3v) is 14.9. The highest BCUT2D eigenvalue weighted by molar-refractivity contribution is 7.86. The Bertz CT molecular complexity index is 2820. The largest absolute Gasteiger partial charge is 0.475 e. The Kier molecular flexibility index (Phi) is 19.7. The number of hydrogen-bond acceptors (Lipinski definition) is 14. The summed E-state index contributed by atoms with van der Waals surface area (Å²) in [5.74, 6) is 0. The summed E-state index contributed by atoms with van der Waals surface area (Å²) in [6.45, 7) is -1.29. The minimum atomic E-state index is -4.86. The van der Waals surface area contributed by atoms with Crippen molar-refractivity contribution >= 4 is 25.8 Å². The number of rotatable bonds is 27. The number of hydrogen-bond donors (Lipinski definition) is 0. The Morgan fingerprint density at radius 3 is 0.767 bits per heavy atom. The Labute approximate surface area is 427 Å². The molecule has 6 atom stereocenters. The van der Waals surface area contributed by atoms with Crippen LogP contribution in [0.3, 0.4) is 0 Å². The monoisotopic (exact) mass is 1050 g/mol. The molecule has 8 rings (SSSR count). The van der Waals surface area contributed by atoms with Crippen molar-refractivity contribution in [1.82, 2.24) is 0 Å². The number of ether oxygens (including phenoxy) is 3. The lowest BCUT2D eigenvalue weighted by Gasteiger charge is -2.49. The van der Waals surface area contributed by atoms with Gasteiger partial charge in [0.1, 0.15) is 36.6 Å². The molecule has 0 bridgehead atoms. The van der Waals surface area contributed by atoms with Gasteiger partial charge in [-0.05, 0) is 38.9 Å². The van der Waals surface area contributed by atoms with Gasteiger partial charge in [-0.2, -0.15) is 8.42 Å². The van der Waals surface area contributed by atoms with Gasteiger partial charge in [0.05, 0.1) is 52.5 Å². The molecule has 0 radical (unpaired) electrons. The summed E-state index contributed by atoms with van der Waals surface area (Å²) in [7, 11) is -14.1. The van der Waals surface area contributed by atoms with E-state index in [-0.39, 0.29) is 46.2 Å². The van der Waals surface area contributed by atoms with Crippen LogP contribution in [0.2, 0.25) is 0 Å². The molecule has 0 amide bonds. The molecule has 0 heterocycles. The van der Waals surface area contributed by atoms with Gasteiger partial charge in [0.25, 0.3) is 10.1 Å². The standard InChI is InChI=1S/C56H58O14P2S/c1-73(59,60)70-56-52(62-38-45-25-11-3-12-26-45)51(61-37-44-23-9-2-10-24-44)54(68-71(57,64-40-47-29-15-5-16-30-47)65-41-48-31-17-6-18-32-48)53(63-39-46-27-13-4-14-28-46)55(56)69-72(58,66-42-49-33-19-7-20-34-49)67-43-50-35-21-8-22-36-50/h2-36,51-56H,37-43H2,1H3/t51-,52+,53+,54-,55-,56-/m1/s1. The first kappa shape index (κ1) is 53.8. The Morgan fingerprint density at radius 2 is 0.521 bits per heavy atom. The molecular weight excluding hydrogens is 991 g/mol. The smallest absolute Gasteiger partial charge is 0.368 e. The van der Waals surface area contributed by atoms with Crippen LogP contribution < -0.4 is 0 Å². The molecular formula is C56H58O14P2S. The summed E-state index contributed by atoms with van der Waals surface area (Å²) in [6.07, 6.45) is -8.74. The topological polar surface area (TPSA) is 161 Å². The highest BCUT2D eigenvalue weighted by Gasteiger charge is 2.60. The van der Waals surface area contributed by atoms with E-state index in [1.165, 1.54) is 0 Å². The van der Waals surface area contributed by atoms with E-state index in [0.717, 1.165) is 11.8 Å². The summed E-state index contributed by atoms with van der Waals surface area (Å²) < 4.78 is 124. The normalized spacial score (nSPS) is 19.4. The predicted octanol–water partition coefficient (Wildman–Crippen LogP) is 12.0. The van der Waals surface area contributed by atoms with Crippen LogP contribution in [-0.2, 0) is 111 Å². The first-order valence-electron chi connectivity index (χ1n) is 23.7. The average molecular weight is 1050 g/mol. The van der Waals surface area contributed by atoms with Crippen LogP contribution in [0.4, 0.5) is 0 Å². The number of phosphoric ester groups is 2. The van der Waals surface area contributed by atoms with Crippen molar-refractivity contribution in [2.75, 3.05) is 6.26 Å². The quantitative estimate of drug-likeness (QED) is 0.0353. The van der Waals surface area contributed by atoms with Crippen LogP contribution in [-0.4, -0.2) is 51.3 Å². The Hall–Kier alpha value is -5.45.